The van der Waals surface area contributed by atoms with Crippen molar-refractivity contribution in [3.05, 3.63) is 99.0 Å². The van der Waals surface area contributed by atoms with Crippen molar-refractivity contribution in [1.29, 1.82) is 0 Å². The van der Waals surface area contributed by atoms with Gasteiger partial charge < -0.3 is 10.1 Å². The molecule has 6 heteroatoms. The minimum absolute atomic E-state index is 0.120. The van der Waals surface area contributed by atoms with E-state index >= 15 is 0 Å². The number of fused-ring (bicyclic) bond motifs is 1. The van der Waals surface area contributed by atoms with Gasteiger partial charge in [-0.05, 0) is 53.9 Å². The summed E-state index contributed by atoms with van der Waals surface area (Å²) >= 11 is 9.72. The molecule has 0 spiro atoms. The van der Waals surface area contributed by atoms with Crippen molar-refractivity contribution in [3.8, 4) is 0 Å². The highest BCUT2D eigenvalue weighted by molar-refractivity contribution is 9.10. The highest BCUT2D eigenvalue weighted by Gasteiger charge is 2.37. The van der Waals surface area contributed by atoms with E-state index in [-0.39, 0.29) is 24.7 Å². The molecule has 1 N–H and O–H groups in total. The molecule has 0 saturated heterocycles. The molecular formula is C24H22BrClN2O2. The Kier molecular flexibility index (Phi) is 6.42. The molecule has 0 saturated carbocycles. The van der Waals surface area contributed by atoms with E-state index in [9.17, 15) is 4.79 Å². The zero-order valence-corrected chi connectivity index (χ0v) is 18.9. The summed E-state index contributed by atoms with van der Waals surface area (Å²) in [6.45, 7) is 2.33. The molecule has 1 aliphatic heterocycles. The van der Waals surface area contributed by atoms with Crippen LogP contribution in [0.25, 0.3) is 0 Å². The van der Waals surface area contributed by atoms with Crippen molar-refractivity contribution >= 4 is 39.2 Å². The maximum absolute atomic E-state index is 12.6. The lowest BCUT2D eigenvalue weighted by atomic mass is 9.91. The maximum Gasteiger partial charge on any atom is 0.320 e. The molecule has 1 heterocycles. The van der Waals surface area contributed by atoms with E-state index in [1.807, 2.05) is 55.5 Å². The number of esters is 1. The Balaban J connectivity index is 1.86. The summed E-state index contributed by atoms with van der Waals surface area (Å²) in [6, 6.07) is 24.0. The van der Waals surface area contributed by atoms with Crippen LogP contribution in [0.5, 0.6) is 0 Å². The summed E-state index contributed by atoms with van der Waals surface area (Å²) in [5.74, 6) is -0.252. The van der Waals surface area contributed by atoms with Gasteiger partial charge in [0, 0.05) is 15.2 Å². The molecule has 0 bridgehead atoms. The molecule has 0 aliphatic carbocycles. The van der Waals surface area contributed by atoms with E-state index < -0.39 is 0 Å². The van der Waals surface area contributed by atoms with Crippen molar-refractivity contribution in [2.45, 2.75) is 19.1 Å². The second-order valence-corrected chi connectivity index (χ2v) is 8.47. The van der Waals surface area contributed by atoms with E-state index in [4.69, 9.17) is 16.3 Å². The standard InChI is InChI=1S/C24H22BrClN2O2/c1-2-30-22(29)15-28-23(16-6-4-3-5-7-16)20-14-18(25)10-13-21(20)27-24(28)17-8-11-19(26)12-9-17/h3-14,23-24,27H,2,15H2,1H3/t23-,24-/m1/s1. The van der Waals surface area contributed by atoms with E-state index in [1.165, 1.54) is 0 Å². The third-order valence-corrected chi connectivity index (χ3v) is 5.93. The molecular weight excluding hydrogens is 464 g/mol. The lowest BCUT2D eigenvalue weighted by molar-refractivity contribution is -0.145. The lowest BCUT2D eigenvalue weighted by Crippen LogP contribution is -2.44. The van der Waals surface area contributed by atoms with E-state index in [1.54, 1.807) is 0 Å². The van der Waals surface area contributed by atoms with Gasteiger partial charge in [0.05, 0.1) is 19.2 Å². The maximum atomic E-state index is 12.6. The fourth-order valence-electron chi connectivity index (χ4n) is 3.91. The fourth-order valence-corrected chi connectivity index (χ4v) is 4.42. The Hall–Kier alpha value is -2.34. The van der Waals surface area contributed by atoms with Crippen LogP contribution in [-0.4, -0.2) is 24.0 Å². The molecule has 0 fully saturated rings. The smallest absolute Gasteiger partial charge is 0.320 e. The molecule has 154 valence electrons. The van der Waals surface area contributed by atoms with Gasteiger partial charge in [0.25, 0.3) is 0 Å². The van der Waals surface area contributed by atoms with Gasteiger partial charge in [-0.15, -0.1) is 0 Å². The van der Waals surface area contributed by atoms with Gasteiger partial charge in [-0.25, -0.2) is 0 Å². The van der Waals surface area contributed by atoms with E-state index in [0.717, 1.165) is 26.9 Å². The molecule has 1 aliphatic rings. The SMILES string of the molecule is CCOC(=O)CN1[C@H](c2ccccc2)c2cc(Br)ccc2N[C@H]1c1ccc(Cl)cc1. The van der Waals surface area contributed by atoms with Crippen molar-refractivity contribution in [2.24, 2.45) is 0 Å². The third kappa shape index (κ3) is 4.38. The largest absolute Gasteiger partial charge is 0.465 e. The molecule has 2 atom stereocenters. The molecule has 0 aromatic heterocycles. The van der Waals surface area contributed by atoms with E-state index in [0.29, 0.717) is 11.6 Å². The first-order valence-corrected chi connectivity index (χ1v) is 11.0. The zero-order valence-electron chi connectivity index (χ0n) is 16.5. The number of rotatable bonds is 5. The molecule has 4 rings (SSSR count). The Labute approximate surface area is 189 Å². The van der Waals surface area contributed by atoms with Crippen LogP contribution in [0.4, 0.5) is 5.69 Å². The summed E-state index contributed by atoms with van der Waals surface area (Å²) in [4.78, 5) is 14.7. The lowest BCUT2D eigenvalue weighted by Gasteiger charge is -2.44. The van der Waals surface area contributed by atoms with Crippen molar-refractivity contribution in [1.82, 2.24) is 4.90 Å². The van der Waals surface area contributed by atoms with Crippen LogP contribution < -0.4 is 5.32 Å². The number of carbonyl (C=O) groups is 1. The van der Waals surface area contributed by atoms with Crippen LogP contribution >= 0.6 is 27.5 Å². The fraction of sp³-hybridized carbons (Fsp3) is 0.208. The quantitative estimate of drug-likeness (QED) is 0.438. The zero-order chi connectivity index (χ0) is 21.1. The number of halogens is 2. The average molecular weight is 486 g/mol. The number of carbonyl (C=O) groups excluding carboxylic acids is 1. The number of hydrogen-bond donors (Lipinski definition) is 1. The molecule has 3 aromatic rings. The van der Waals surface area contributed by atoms with Crippen LogP contribution in [0.15, 0.2) is 77.3 Å². The second-order valence-electron chi connectivity index (χ2n) is 7.12. The van der Waals surface area contributed by atoms with Gasteiger partial charge in [0.2, 0.25) is 0 Å². The minimum atomic E-state index is -0.252. The molecule has 0 radical (unpaired) electrons. The molecule has 0 amide bonds. The topological polar surface area (TPSA) is 41.6 Å². The van der Waals surface area contributed by atoms with Crippen molar-refractivity contribution in [2.75, 3.05) is 18.5 Å². The second kappa shape index (κ2) is 9.21. The highest BCUT2D eigenvalue weighted by Crippen LogP contribution is 2.44. The minimum Gasteiger partial charge on any atom is -0.465 e. The summed E-state index contributed by atoms with van der Waals surface area (Å²) in [6.07, 6.45) is -0.217. The molecule has 3 aromatic carbocycles. The summed E-state index contributed by atoms with van der Waals surface area (Å²) in [5.41, 5.74) is 4.28. The Bertz CT molecular complexity index is 1030. The van der Waals surface area contributed by atoms with Gasteiger partial charge >= 0.3 is 5.97 Å². The predicted octanol–water partition coefficient (Wildman–Crippen LogP) is 6.18. The predicted molar refractivity (Wildman–Crippen MR) is 124 cm³/mol. The normalized spacial score (nSPS) is 18.4. The van der Waals surface area contributed by atoms with Crippen LogP contribution in [0.3, 0.4) is 0 Å². The molecule has 4 nitrogen and oxygen atoms in total. The first-order valence-electron chi connectivity index (χ1n) is 9.84. The number of benzene rings is 3. The van der Waals surface area contributed by atoms with Crippen LogP contribution in [-0.2, 0) is 9.53 Å². The van der Waals surface area contributed by atoms with Crippen molar-refractivity contribution < 1.29 is 9.53 Å². The number of nitrogens with one attached hydrogen (secondary N) is 1. The van der Waals surface area contributed by atoms with Crippen LogP contribution in [0.1, 0.15) is 35.8 Å². The Morgan fingerprint density at radius 2 is 1.80 bits per heavy atom. The third-order valence-electron chi connectivity index (χ3n) is 5.18. The van der Waals surface area contributed by atoms with Gasteiger partial charge in [-0.3, -0.25) is 9.69 Å². The first-order chi connectivity index (χ1) is 14.6. The number of ether oxygens (including phenoxy) is 1. The van der Waals surface area contributed by atoms with Gasteiger partial charge in [-0.2, -0.15) is 0 Å². The van der Waals surface area contributed by atoms with Gasteiger partial charge in [-0.1, -0.05) is 70.0 Å². The van der Waals surface area contributed by atoms with E-state index in [2.05, 4.69) is 50.4 Å². The Morgan fingerprint density at radius 1 is 1.07 bits per heavy atom. The first kappa shape index (κ1) is 20.9. The highest BCUT2D eigenvalue weighted by atomic mass is 79.9. The number of nitrogens with zero attached hydrogens (tertiary/aromatic N) is 1. The summed E-state index contributed by atoms with van der Waals surface area (Å²) in [7, 11) is 0. The molecule has 0 unspecified atom stereocenters. The molecule has 30 heavy (non-hydrogen) atoms. The summed E-state index contributed by atoms with van der Waals surface area (Å²) in [5, 5.41) is 4.29. The van der Waals surface area contributed by atoms with Crippen LogP contribution in [0.2, 0.25) is 5.02 Å². The number of hydrogen-bond acceptors (Lipinski definition) is 4. The van der Waals surface area contributed by atoms with Gasteiger partial charge in [0.15, 0.2) is 0 Å². The van der Waals surface area contributed by atoms with Gasteiger partial charge in [0.1, 0.15) is 6.17 Å². The van der Waals surface area contributed by atoms with Crippen LogP contribution in [0, 0.1) is 0 Å². The monoisotopic (exact) mass is 484 g/mol. The summed E-state index contributed by atoms with van der Waals surface area (Å²) < 4.78 is 6.30. The average Bonchev–Trinajstić information content (AvgIpc) is 2.75. The Morgan fingerprint density at radius 3 is 2.50 bits per heavy atom. The van der Waals surface area contributed by atoms with Crippen molar-refractivity contribution in [3.63, 3.8) is 0 Å². The number of anilines is 1.